The molecule has 1 amide bonds. The number of benzene rings is 2. The molecule has 4 aromatic rings. The lowest BCUT2D eigenvalue weighted by atomic mass is 9.94. The Balaban J connectivity index is 1.45. The minimum absolute atomic E-state index is 0.270. The molecule has 0 radical (unpaired) electrons. The summed E-state index contributed by atoms with van der Waals surface area (Å²) in [6, 6.07) is 15.8. The van der Waals surface area contributed by atoms with Gasteiger partial charge in [0.25, 0.3) is 5.91 Å². The van der Waals surface area contributed by atoms with Crippen LogP contribution in [0.1, 0.15) is 18.5 Å². The first-order valence-electron chi connectivity index (χ1n) is 11.4. The molecule has 0 fully saturated rings. The van der Waals surface area contributed by atoms with Crippen LogP contribution in [0.3, 0.4) is 0 Å². The first-order valence-corrected chi connectivity index (χ1v) is 11.8. The lowest BCUT2D eigenvalue weighted by Crippen LogP contribution is -2.31. The van der Waals surface area contributed by atoms with Gasteiger partial charge in [0.1, 0.15) is 19.3 Å². The van der Waals surface area contributed by atoms with E-state index >= 15 is 0 Å². The number of carbonyl (C=O) groups excluding carboxylic acids is 1. The first-order chi connectivity index (χ1) is 17.6. The van der Waals surface area contributed by atoms with Crippen LogP contribution in [0, 0.1) is 0 Å². The predicted molar refractivity (Wildman–Crippen MR) is 135 cm³/mol. The van der Waals surface area contributed by atoms with E-state index in [2.05, 4.69) is 15.6 Å². The lowest BCUT2D eigenvalue weighted by Gasteiger charge is -2.29. The predicted octanol–water partition coefficient (Wildman–Crippen LogP) is 4.69. The van der Waals surface area contributed by atoms with Crippen LogP contribution < -0.4 is 20.1 Å². The van der Waals surface area contributed by atoms with Crippen LogP contribution in [0.2, 0.25) is 5.02 Å². The molecule has 6 rings (SSSR count). The van der Waals surface area contributed by atoms with Crippen LogP contribution in [-0.2, 0) is 4.79 Å². The molecule has 2 aromatic carbocycles. The van der Waals surface area contributed by atoms with E-state index in [1.165, 1.54) is 0 Å². The van der Waals surface area contributed by atoms with Crippen molar-refractivity contribution >= 4 is 29.1 Å². The number of ether oxygens (including phenoxy) is 2. The molecule has 2 aliphatic rings. The molecule has 0 saturated heterocycles. The second-order valence-corrected chi connectivity index (χ2v) is 8.81. The summed E-state index contributed by atoms with van der Waals surface area (Å²) in [5.74, 6) is 2.08. The molecule has 0 bridgehead atoms. The maximum Gasteiger partial charge on any atom is 0.255 e. The van der Waals surface area contributed by atoms with Crippen molar-refractivity contribution in [2.24, 2.45) is 0 Å². The van der Waals surface area contributed by atoms with Gasteiger partial charge in [0.15, 0.2) is 17.3 Å². The number of fused-ring (bicyclic) bond motifs is 2. The summed E-state index contributed by atoms with van der Waals surface area (Å²) >= 11 is 6.01. The number of hydrogen-bond donors (Lipinski definition) is 2. The number of nitrogens with zero attached hydrogens (tertiary/aromatic N) is 4. The fourth-order valence-corrected chi connectivity index (χ4v) is 4.46. The molecule has 0 spiro atoms. The van der Waals surface area contributed by atoms with Gasteiger partial charge in [0, 0.05) is 34.4 Å². The largest absolute Gasteiger partial charge is 0.486 e. The second kappa shape index (κ2) is 9.01. The molecule has 2 aromatic heterocycles. The zero-order valence-corrected chi connectivity index (χ0v) is 20.0. The molecule has 180 valence electrons. The molecular weight excluding hydrogens is 480 g/mol. The van der Waals surface area contributed by atoms with Gasteiger partial charge >= 0.3 is 0 Å². The van der Waals surface area contributed by atoms with Crippen molar-refractivity contribution < 1.29 is 14.3 Å². The molecule has 4 heterocycles. The molecule has 10 heteroatoms. The van der Waals surface area contributed by atoms with Gasteiger partial charge in [0.05, 0.1) is 5.57 Å². The fraction of sp³-hybridized carbons (Fsp3) is 0.154. The fourth-order valence-electron chi connectivity index (χ4n) is 4.34. The SMILES string of the molecule is CC1=C(C(=O)Nc2ccc(Cl)cc2)C(c2ccc3c(c2)OCCO3)n2nc(-c3ccncc3)nc2N1. The molecule has 36 heavy (non-hydrogen) atoms. The molecule has 0 aliphatic carbocycles. The number of nitrogens with one attached hydrogen (secondary N) is 2. The Morgan fingerprint density at radius 2 is 1.81 bits per heavy atom. The molecule has 1 unspecified atom stereocenters. The van der Waals surface area contributed by atoms with Crippen LogP contribution in [0.25, 0.3) is 11.4 Å². The third kappa shape index (κ3) is 4.03. The summed E-state index contributed by atoms with van der Waals surface area (Å²) in [6.45, 7) is 2.81. The minimum atomic E-state index is -0.563. The first kappa shape index (κ1) is 22.1. The van der Waals surface area contributed by atoms with Gasteiger partial charge in [-0.2, -0.15) is 4.98 Å². The number of anilines is 2. The van der Waals surface area contributed by atoms with E-state index in [0.717, 1.165) is 11.1 Å². The summed E-state index contributed by atoms with van der Waals surface area (Å²) in [4.78, 5) is 22.4. The lowest BCUT2D eigenvalue weighted by molar-refractivity contribution is -0.113. The van der Waals surface area contributed by atoms with E-state index < -0.39 is 6.04 Å². The average molecular weight is 501 g/mol. The number of aromatic nitrogens is 4. The zero-order valence-electron chi connectivity index (χ0n) is 19.2. The van der Waals surface area contributed by atoms with Gasteiger partial charge in [-0.05, 0) is 61.0 Å². The van der Waals surface area contributed by atoms with Gasteiger partial charge in [0.2, 0.25) is 5.95 Å². The summed E-state index contributed by atoms with van der Waals surface area (Å²) in [6.07, 6.45) is 3.38. The highest BCUT2D eigenvalue weighted by molar-refractivity contribution is 6.30. The Hall–Kier alpha value is -4.37. The number of rotatable bonds is 4. The maximum atomic E-state index is 13.7. The molecular formula is C26H21ClN6O3. The summed E-state index contributed by atoms with van der Waals surface area (Å²) in [5.41, 5.74) is 3.43. The number of pyridine rings is 1. The van der Waals surface area contributed by atoms with Crippen molar-refractivity contribution in [3.05, 3.63) is 88.8 Å². The number of carbonyl (C=O) groups is 1. The van der Waals surface area contributed by atoms with Crippen molar-refractivity contribution in [3.8, 4) is 22.9 Å². The van der Waals surface area contributed by atoms with E-state index in [0.29, 0.717) is 58.5 Å². The number of halogens is 1. The van der Waals surface area contributed by atoms with Crippen molar-refractivity contribution in [2.75, 3.05) is 23.8 Å². The highest BCUT2D eigenvalue weighted by Crippen LogP contribution is 2.40. The molecule has 1 atom stereocenters. The summed E-state index contributed by atoms with van der Waals surface area (Å²) < 4.78 is 13.3. The normalized spacial score (nSPS) is 16.2. The molecule has 2 aliphatic heterocycles. The van der Waals surface area contributed by atoms with E-state index in [-0.39, 0.29) is 5.91 Å². The quantitative estimate of drug-likeness (QED) is 0.419. The number of hydrogen-bond acceptors (Lipinski definition) is 7. The standard InChI is InChI=1S/C26H21ClN6O3/c1-15-22(25(34)30-19-5-3-18(27)4-6-19)23(17-2-7-20-21(14-17)36-13-12-35-20)33-26(29-15)31-24(32-33)16-8-10-28-11-9-16/h2-11,14,23H,12-13H2,1H3,(H,30,34)(H,29,31,32). The molecule has 0 saturated carbocycles. The van der Waals surface area contributed by atoms with Gasteiger partial charge in [-0.1, -0.05) is 17.7 Å². The topological polar surface area (TPSA) is 103 Å². The maximum absolute atomic E-state index is 13.7. The second-order valence-electron chi connectivity index (χ2n) is 8.37. The minimum Gasteiger partial charge on any atom is -0.486 e. The Kier molecular flexibility index (Phi) is 5.54. The molecule has 9 nitrogen and oxygen atoms in total. The Morgan fingerprint density at radius 3 is 2.58 bits per heavy atom. The van der Waals surface area contributed by atoms with E-state index in [1.807, 2.05) is 37.3 Å². The van der Waals surface area contributed by atoms with Crippen LogP contribution in [0.5, 0.6) is 11.5 Å². The van der Waals surface area contributed by atoms with Gasteiger partial charge in [-0.3, -0.25) is 9.78 Å². The summed E-state index contributed by atoms with van der Waals surface area (Å²) in [7, 11) is 0. The van der Waals surface area contributed by atoms with Gasteiger partial charge < -0.3 is 20.1 Å². The Labute approximate surface area is 211 Å². The number of allylic oxidation sites excluding steroid dienone is 1. The van der Waals surface area contributed by atoms with Crippen molar-refractivity contribution in [1.29, 1.82) is 0 Å². The highest BCUT2D eigenvalue weighted by Gasteiger charge is 2.35. The van der Waals surface area contributed by atoms with Crippen molar-refractivity contribution in [2.45, 2.75) is 13.0 Å². The van der Waals surface area contributed by atoms with E-state index in [1.54, 1.807) is 41.3 Å². The Morgan fingerprint density at radius 1 is 1.06 bits per heavy atom. The third-order valence-electron chi connectivity index (χ3n) is 6.02. The summed E-state index contributed by atoms with van der Waals surface area (Å²) in [5, 5.41) is 11.6. The van der Waals surface area contributed by atoms with Gasteiger partial charge in [-0.15, -0.1) is 5.10 Å². The van der Waals surface area contributed by atoms with Gasteiger partial charge in [-0.25, -0.2) is 4.68 Å². The third-order valence-corrected chi connectivity index (χ3v) is 6.27. The monoisotopic (exact) mass is 500 g/mol. The molecule has 2 N–H and O–H groups in total. The zero-order chi connectivity index (χ0) is 24.6. The number of amides is 1. The highest BCUT2D eigenvalue weighted by atomic mass is 35.5. The Bertz CT molecular complexity index is 1480. The smallest absolute Gasteiger partial charge is 0.255 e. The van der Waals surface area contributed by atoms with E-state index in [4.69, 9.17) is 31.2 Å². The van der Waals surface area contributed by atoms with Crippen molar-refractivity contribution in [3.63, 3.8) is 0 Å². The van der Waals surface area contributed by atoms with E-state index in [9.17, 15) is 4.79 Å². The van der Waals surface area contributed by atoms with Crippen LogP contribution in [0.4, 0.5) is 11.6 Å². The average Bonchev–Trinajstić information content (AvgIpc) is 3.33. The van der Waals surface area contributed by atoms with Crippen molar-refractivity contribution in [1.82, 2.24) is 19.7 Å². The van der Waals surface area contributed by atoms with Crippen LogP contribution in [0.15, 0.2) is 78.3 Å². The van der Waals surface area contributed by atoms with Crippen LogP contribution >= 0.6 is 11.6 Å². The van der Waals surface area contributed by atoms with Crippen LogP contribution in [-0.4, -0.2) is 38.9 Å².